The summed E-state index contributed by atoms with van der Waals surface area (Å²) in [6.07, 6.45) is 2.73. The van der Waals surface area contributed by atoms with E-state index in [-0.39, 0.29) is 24.2 Å². The lowest BCUT2D eigenvalue weighted by Gasteiger charge is -2.30. The predicted molar refractivity (Wildman–Crippen MR) is 80.6 cm³/mol. The molecule has 1 heterocycles. The number of hydrogen-bond acceptors (Lipinski definition) is 2. The number of halogens is 1. The van der Waals surface area contributed by atoms with Gasteiger partial charge >= 0.3 is 0 Å². The number of rotatable bonds is 4. The van der Waals surface area contributed by atoms with Crippen molar-refractivity contribution in [1.82, 2.24) is 5.32 Å². The van der Waals surface area contributed by atoms with E-state index in [2.05, 4.69) is 36.5 Å². The van der Waals surface area contributed by atoms with Crippen LogP contribution in [-0.2, 0) is 4.79 Å². The molecule has 0 bridgehead atoms. The van der Waals surface area contributed by atoms with Crippen molar-refractivity contribution in [1.29, 1.82) is 0 Å². The van der Waals surface area contributed by atoms with Crippen molar-refractivity contribution in [3.8, 4) is 0 Å². The van der Waals surface area contributed by atoms with Crippen molar-refractivity contribution in [2.45, 2.75) is 32.1 Å². The standard InChI is InChI=1S/C15H22N2O.ClH/c1-11-3-2-4-13(9-11)14(10-15(16)18)12-5-7-17-8-6-12;/h2-4,9,12,14,17H,5-8,10H2,1H3,(H2,16,18);1H. The van der Waals surface area contributed by atoms with E-state index in [1.54, 1.807) is 0 Å². The smallest absolute Gasteiger partial charge is 0.218 e. The Kier molecular flexibility index (Phi) is 6.32. The molecular formula is C15H23ClN2O. The Labute approximate surface area is 121 Å². The van der Waals surface area contributed by atoms with Gasteiger partial charge < -0.3 is 11.1 Å². The summed E-state index contributed by atoms with van der Waals surface area (Å²) in [5, 5.41) is 3.37. The van der Waals surface area contributed by atoms with Crippen molar-refractivity contribution in [3.63, 3.8) is 0 Å². The molecule has 19 heavy (non-hydrogen) atoms. The molecule has 106 valence electrons. The van der Waals surface area contributed by atoms with Crippen molar-refractivity contribution in [3.05, 3.63) is 35.4 Å². The topological polar surface area (TPSA) is 55.1 Å². The fourth-order valence-electron chi connectivity index (χ4n) is 2.92. The lowest BCUT2D eigenvalue weighted by molar-refractivity contribution is -0.118. The van der Waals surface area contributed by atoms with Gasteiger partial charge in [-0.1, -0.05) is 29.8 Å². The van der Waals surface area contributed by atoms with Crippen LogP contribution in [0, 0.1) is 12.8 Å². The largest absolute Gasteiger partial charge is 0.370 e. The van der Waals surface area contributed by atoms with Crippen LogP contribution < -0.4 is 11.1 Å². The summed E-state index contributed by atoms with van der Waals surface area (Å²) in [6, 6.07) is 8.48. The lowest BCUT2D eigenvalue weighted by atomic mass is 9.78. The zero-order valence-corrected chi connectivity index (χ0v) is 12.2. The summed E-state index contributed by atoms with van der Waals surface area (Å²) < 4.78 is 0. The molecule has 0 radical (unpaired) electrons. The molecule has 1 aliphatic heterocycles. The van der Waals surface area contributed by atoms with Crippen LogP contribution in [0.1, 0.15) is 36.3 Å². The number of hydrogen-bond donors (Lipinski definition) is 2. The quantitative estimate of drug-likeness (QED) is 0.891. The Bertz CT molecular complexity index is 416. The summed E-state index contributed by atoms with van der Waals surface area (Å²) in [7, 11) is 0. The van der Waals surface area contributed by atoms with Crippen LogP contribution in [0.5, 0.6) is 0 Å². The molecule has 0 aliphatic carbocycles. The fourth-order valence-corrected chi connectivity index (χ4v) is 2.92. The van der Waals surface area contributed by atoms with Crippen LogP contribution in [0.2, 0.25) is 0 Å². The molecule has 0 aromatic heterocycles. The number of nitrogens with two attached hydrogens (primary N) is 1. The maximum absolute atomic E-state index is 11.3. The number of benzene rings is 1. The maximum atomic E-state index is 11.3. The van der Waals surface area contributed by atoms with Gasteiger partial charge in [0.1, 0.15) is 0 Å². The molecule has 1 saturated heterocycles. The summed E-state index contributed by atoms with van der Waals surface area (Å²) in [6.45, 7) is 4.19. The highest BCUT2D eigenvalue weighted by atomic mass is 35.5. The highest BCUT2D eigenvalue weighted by molar-refractivity contribution is 5.85. The van der Waals surface area contributed by atoms with Crippen molar-refractivity contribution >= 4 is 18.3 Å². The number of primary amides is 1. The van der Waals surface area contributed by atoms with E-state index in [4.69, 9.17) is 5.73 Å². The molecule has 2 rings (SSSR count). The van der Waals surface area contributed by atoms with E-state index in [1.807, 2.05) is 0 Å². The highest BCUT2D eigenvalue weighted by Crippen LogP contribution is 2.33. The summed E-state index contributed by atoms with van der Waals surface area (Å²) in [4.78, 5) is 11.3. The second-order valence-corrected chi connectivity index (χ2v) is 5.28. The normalized spacial score (nSPS) is 17.5. The Balaban J connectivity index is 0.00000180. The minimum Gasteiger partial charge on any atom is -0.370 e. The molecule has 1 aromatic carbocycles. The molecule has 1 fully saturated rings. The molecule has 0 saturated carbocycles. The van der Waals surface area contributed by atoms with Crippen molar-refractivity contribution in [2.75, 3.05) is 13.1 Å². The van der Waals surface area contributed by atoms with Crippen molar-refractivity contribution < 1.29 is 4.79 Å². The highest BCUT2D eigenvalue weighted by Gasteiger charge is 2.26. The minimum absolute atomic E-state index is 0. The van der Waals surface area contributed by atoms with E-state index in [0.717, 1.165) is 25.9 Å². The maximum Gasteiger partial charge on any atom is 0.218 e. The third-order valence-corrected chi connectivity index (χ3v) is 3.84. The molecular weight excluding hydrogens is 260 g/mol. The Hall–Kier alpha value is -1.06. The predicted octanol–water partition coefficient (Wildman–Crippen LogP) is 2.38. The van der Waals surface area contributed by atoms with Crippen LogP contribution in [0.15, 0.2) is 24.3 Å². The van der Waals surface area contributed by atoms with E-state index in [0.29, 0.717) is 12.3 Å². The van der Waals surface area contributed by atoms with Gasteiger partial charge in [-0.2, -0.15) is 0 Å². The number of nitrogens with one attached hydrogen (secondary N) is 1. The van der Waals surface area contributed by atoms with Crippen LogP contribution in [-0.4, -0.2) is 19.0 Å². The van der Waals surface area contributed by atoms with Crippen LogP contribution >= 0.6 is 12.4 Å². The third-order valence-electron chi connectivity index (χ3n) is 3.84. The third kappa shape index (κ3) is 4.51. The van der Waals surface area contributed by atoms with Gasteiger partial charge in [-0.15, -0.1) is 12.4 Å². The zero-order chi connectivity index (χ0) is 13.0. The Morgan fingerprint density at radius 1 is 1.42 bits per heavy atom. The summed E-state index contributed by atoms with van der Waals surface area (Å²) in [5.74, 6) is 0.657. The van der Waals surface area contributed by atoms with Gasteiger partial charge in [-0.25, -0.2) is 0 Å². The van der Waals surface area contributed by atoms with Gasteiger partial charge in [0.15, 0.2) is 0 Å². The van der Waals surface area contributed by atoms with Gasteiger partial charge in [-0.05, 0) is 50.3 Å². The molecule has 1 unspecified atom stereocenters. The first-order valence-corrected chi connectivity index (χ1v) is 6.72. The summed E-state index contributed by atoms with van der Waals surface area (Å²) >= 11 is 0. The molecule has 3 nitrogen and oxygen atoms in total. The van der Waals surface area contributed by atoms with Gasteiger partial charge in [0.2, 0.25) is 5.91 Å². The molecule has 3 N–H and O–H groups in total. The molecule has 1 aromatic rings. The van der Waals surface area contributed by atoms with E-state index >= 15 is 0 Å². The first-order chi connectivity index (χ1) is 8.66. The van der Waals surface area contributed by atoms with E-state index in [9.17, 15) is 4.79 Å². The Morgan fingerprint density at radius 2 is 2.11 bits per heavy atom. The van der Waals surface area contributed by atoms with Crippen LogP contribution in [0.3, 0.4) is 0 Å². The van der Waals surface area contributed by atoms with Gasteiger partial charge in [0, 0.05) is 6.42 Å². The monoisotopic (exact) mass is 282 g/mol. The number of carbonyl (C=O) groups excluding carboxylic acids is 1. The van der Waals surface area contributed by atoms with Crippen LogP contribution in [0.25, 0.3) is 0 Å². The average molecular weight is 283 g/mol. The lowest BCUT2D eigenvalue weighted by Crippen LogP contribution is -2.32. The van der Waals surface area contributed by atoms with Crippen LogP contribution in [0.4, 0.5) is 0 Å². The molecule has 4 heteroatoms. The number of carbonyl (C=O) groups is 1. The minimum atomic E-state index is -0.194. The first kappa shape index (κ1) is 16.0. The first-order valence-electron chi connectivity index (χ1n) is 6.72. The second kappa shape index (κ2) is 7.51. The van der Waals surface area contributed by atoms with Gasteiger partial charge in [-0.3, -0.25) is 4.79 Å². The average Bonchev–Trinajstić information content (AvgIpc) is 2.37. The Morgan fingerprint density at radius 3 is 2.68 bits per heavy atom. The molecule has 1 amide bonds. The molecule has 1 aliphatic rings. The molecule has 0 spiro atoms. The van der Waals surface area contributed by atoms with E-state index in [1.165, 1.54) is 11.1 Å². The molecule has 1 atom stereocenters. The van der Waals surface area contributed by atoms with E-state index < -0.39 is 0 Å². The zero-order valence-electron chi connectivity index (χ0n) is 11.4. The van der Waals surface area contributed by atoms with Crippen molar-refractivity contribution in [2.24, 2.45) is 11.7 Å². The second-order valence-electron chi connectivity index (χ2n) is 5.28. The van der Waals surface area contributed by atoms with Gasteiger partial charge in [0.05, 0.1) is 0 Å². The fraction of sp³-hybridized carbons (Fsp3) is 0.533. The van der Waals surface area contributed by atoms with Gasteiger partial charge in [0.25, 0.3) is 0 Å². The summed E-state index contributed by atoms with van der Waals surface area (Å²) in [5.41, 5.74) is 7.93. The number of aryl methyl sites for hydroxylation is 1. The SMILES string of the molecule is Cc1cccc(C(CC(N)=O)C2CCNCC2)c1.Cl. The number of amides is 1. The number of piperidine rings is 1.